The van der Waals surface area contributed by atoms with E-state index in [1.54, 1.807) is 0 Å². The summed E-state index contributed by atoms with van der Waals surface area (Å²) in [5.41, 5.74) is 12.3. The highest BCUT2D eigenvalue weighted by molar-refractivity contribution is 7.26. The van der Waals surface area contributed by atoms with Gasteiger partial charge in [0.15, 0.2) is 0 Å². The quantitative estimate of drug-likeness (QED) is 0.162. The normalized spacial score (nSPS) is 12.2. The first kappa shape index (κ1) is 31.7. The van der Waals surface area contributed by atoms with E-state index in [0.717, 1.165) is 17.8 Å². The van der Waals surface area contributed by atoms with E-state index >= 15 is 0 Å². The molecule has 12 rings (SSSR count). The zero-order valence-electron chi connectivity index (χ0n) is 31.0. The van der Waals surface area contributed by atoms with E-state index in [4.69, 9.17) is 0 Å². The summed E-state index contributed by atoms with van der Waals surface area (Å²) in [5, 5.41) is 10.3. The zero-order chi connectivity index (χ0) is 36.9. The molecule has 0 atom stereocenters. The van der Waals surface area contributed by atoms with Gasteiger partial charge in [0.25, 0.3) is 0 Å². The minimum Gasteiger partial charge on any atom is -0.309 e. The van der Waals surface area contributed by atoms with Gasteiger partial charge in [-0.15, -0.1) is 11.3 Å². The van der Waals surface area contributed by atoms with Crippen LogP contribution in [0.4, 0.5) is 0 Å². The second kappa shape index (κ2) is 12.2. The second-order valence-electron chi connectivity index (χ2n) is 15.1. The number of fused-ring (bicyclic) bond motifs is 13. The zero-order valence-corrected chi connectivity index (χ0v) is 31.9. The molecule has 0 N–H and O–H groups in total. The lowest BCUT2D eigenvalue weighted by Crippen LogP contribution is -1.97. The molecule has 0 spiro atoms. The molecule has 0 aliphatic heterocycles. The van der Waals surface area contributed by atoms with Gasteiger partial charge in [-0.1, -0.05) is 116 Å². The number of benzene rings is 8. The van der Waals surface area contributed by atoms with Gasteiger partial charge in [0.1, 0.15) is 0 Å². The van der Waals surface area contributed by atoms with Gasteiger partial charge in [0, 0.05) is 59.2 Å². The van der Waals surface area contributed by atoms with Crippen molar-refractivity contribution >= 4 is 96.9 Å². The van der Waals surface area contributed by atoms with E-state index in [1.807, 2.05) is 11.3 Å². The van der Waals surface area contributed by atoms with Gasteiger partial charge >= 0.3 is 0 Å². The number of hydrogen-bond acceptors (Lipinski definition) is 1. The van der Waals surface area contributed by atoms with E-state index in [-0.39, 0.29) is 0 Å². The van der Waals surface area contributed by atoms with Crippen LogP contribution >= 0.6 is 11.3 Å². The monoisotopic (exact) mass is 735 g/mol. The Morgan fingerprint density at radius 2 is 1.09 bits per heavy atom. The molecule has 0 aliphatic carbocycles. The lowest BCUT2D eigenvalue weighted by Gasteiger charge is -2.12. The summed E-state index contributed by atoms with van der Waals surface area (Å²) in [7, 11) is 0. The van der Waals surface area contributed by atoms with Crippen LogP contribution in [0.5, 0.6) is 0 Å². The molecule has 0 bridgehead atoms. The van der Waals surface area contributed by atoms with E-state index in [2.05, 4.69) is 190 Å². The number of hydrogen-bond donors (Lipinski definition) is 0. The average Bonchev–Trinajstić information content (AvgIpc) is 3.99. The summed E-state index contributed by atoms with van der Waals surface area (Å²) in [4.78, 5) is 0. The molecule has 0 fully saturated rings. The smallest absolute Gasteiger partial charge is 0.0641 e. The van der Waals surface area contributed by atoms with Crippen LogP contribution < -0.4 is 0 Å². The van der Waals surface area contributed by atoms with Gasteiger partial charge in [0.05, 0.1) is 43.5 Å². The highest BCUT2D eigenvalue weighted by atomic mass is 32.1. The molecule has 0 amide bonds. The van der Waals surface area contributed by atoms with Crippen LogP contribution in [-0.2, 0) is 6.42 Å². The van der Waals surface area contributed by atoms with Gasteiger partial charge in [0.2, 0.25) is 0 Å². The van der Waals surface area contributed by atoms with Crippen LogP contribution in [0.25, 0.3) is 103 Å². The Morgan fingerprint density at radius 3 is 1.89 bits per heavy atom. The molecule has 0 saturated heterocycles. The highest BCUT2D eigenvalue weighted by Crippen LogP contribution is 2.45. The maximum atomic E-state index is 2.53. The Bertz CT molecular complexity index is 3520. The number of para-hydroxylation sites is 4. The fourth-order valence-corrected chi connectivity index (χ4v) is 10.7. The lowest BCUT2D eigenvalue weighted by atomic mass is 10.0. The van der Waals surface area contributed by atoms with E-state index in [9.17, 15) is 0 Å². The maximum absolute atomic E-state index is 2.53. The molecule has 56 heavy (non-hydrogen) atoms. The average molecular weight is 736 g/mol. The number of unbranched alkanes of at least 4 members (excludes halogenated alkanes) is 1. The molecule has 0 aliphatic rings. The van der Waals surface area contributed by atoms with Crippen LogP contribution in [0.2, 0.25) is 0 Å². The van der Waals surface area contributed by atoms with Crippen molar-refractivity contribution in [1.29, 1.82) is 0 Å². The Labute approximate surface area is 327 Å². The first-order valence-electron chi connectivity index (χ1n) is 19.8. The first-order chi connectivity index (χ1) is 27.8. The third-order valence-electron chi connectivity index (χ3n) is 12.0. The van der Waals surface area contributed by atoms with Crippen LogP contribution in [0.1, 0.15) is 25.3 Å². The Balaban J connectivity index is 1.18. The number of rotatable bonds is 6. The molecule has 4 heterocycles. The summed E-state index contributed by atoms with van der Waals surface area (Å²) in [6.07, 6.45) is 3.55. The molecule has 3 nitrogen and oxygen atoms in total. The van der Waals surface area contributed by atoms with Gasteiger partial charge in [-0.2, -0.15) is 0 Å². The van der Waals surface area contributed by atoms with Crippen LogP contribution in [0.15, 0.2) is 170 Å². The molecule has 4 heteroatoms. The maximum Gasteiger partial charge on any atom is 0.0641 e. The summed E-state index contributed by atoms with van der Waals surface area (Å²) < 4.78 is 10.1. The number of thiophene rings is 1. The van der Waals surface area contributed by atoms with Crippen LogP contribution in [0.3, 0.4) is 0 Å². The summed E-state index contributed by atoms with van der Waals surface area (Å²) in [6, 6.07) is 63.2. The van der Waals surface area contributed by atoms with Gasteiger partial charge in [-0.05, 0) is 85.1 Å². The first-order valence-corrected chi connectivity index (χ1v) is 20.6. The molecule has 0 radical (unpaired) electrons. The molecular formula is C52H37N3S. The third-order valence-corrected chi connectivity index (χ3v) is 13.2. The summed E-state index contributed by atoms with van der Waals surface area (Å²) in [6.45, 7) is 2.27. The second-order valence-corrected chi connectivity index (χ2v) is 16.2. The van der Waals surface area contributed by atoms with Crippen molar-refractivity contribution in [2.45, 2.75) is 26.2 Å². The van der Waals surface area contributed by atoms with Crippen molar-refractivity contribution in [3.8, 4) is 17.1 Å². The Hall–Kier alpha value is -6.62. The van der Waals surface area contributed by atoms with Crippen molar-refractivity contribution in [2.24, 2.45) is 0 Å². The minimum absolute atomic E-state index is 1.13. The minimum atomic E-state index is 1.13. The topological polar surface area (TPSA) is 14.8 Å². The molecule has 266 valence electrons. The van der Waals surface area contributed by atoms with Gasteiger partial charge < -0.3 is 13.7 Å². The van der Waals surface area contributed by atoms with Gasteiger partial charge in [-0.3, -0.25) is 0 Å². The molecular weight excluding hydrogens is 699 g/mol. The molecule has 4 aromatic heterocycles. The molecule has 12 aromatic rings. The largest absolute Gasteiger partial charge is 0.309 e. The third kappa shape index (κ3) is 4.45. The van der Waals surface area contributed by atoms with Crippen LogP contribution in [0, 0.1) is 0 Å². The number of nitrogens with zero attached hydrogens (tertiary/aromatic N) is 3. The van der Waals surface area contributed by atoms with E-state index in [0.29, 0.717) is 0 Å². The predicted molar refractivity (Wildman–Crippen MR) is 241 cm³/mol. The van der Waals surface area contributed by atoms with Crippen molar-refractivity contribution in [1.82, 2.24) is 13.7 Å². The van der Waals surface area contributed by atoms with Gasteiger partial charge in [-0.25, -0.2) is 0 Å². The van der Waals surface area contributed by atoms with Crippen molar-refractivity contribution < 1.29 is 0 Å². The molecule has 0 unspecified atom stereocenters. The molecule has 0 saturated carbocycles. The van der Waals surface area contributed by atoms with Crippen LogP contribution in [-0.4, -0.2) is 13.7 Å². The highest BCUT2D eigenvalue weighted by Gasteiger charge is 2.23. The standard InChI is InChI=1S/C52H37N3S/c1-2-3-14-33-25-30-49-42(31-33)40-20-13-24-47(52(40)56-49)55-45-23-12-9-19-41(45)50-46(55)29-28-39-37-18-8-11-22-44(37)54(51(39)50)35-26-27-38-36-17-7-10-21-43(36)53(48(38)32-35)34-15-5-4-6-16-34/h4-13,15-32H,2-3,14H2,1H3. The van der Waals surface area contributed by atoms with Crippen molar-refractivity contribution in [2.75, 3.05) is 0 Å². The summed E-state index contributed by atoms with van der Waals surface area (Å²) in [5.74, 6) is 0. The van der Waals surface area contributed by atoms with Crippen molar-refractivity contribution in [3.05, 3.63) is 175 Å². The Kier molecular flexibility index (Phi) is 6.90. The van der Waals surface area contributed by atoms with Crippen molar-refractivity contribution in [3.63, 3.8) is 0 Å². The lowest BCUT2D eigenvalue weighted by molar-refractivity contribution is 0.796. The summed E-state index contributed by atoms with van der Waals surface area (Å²) >= 11 is 1.92. The Morgan fingerprint density at radius 1 is 0.429 bits per heavy atom. The van der Waals surface area contributed by atoms with E-state index < -0.39 is 0 Å². The fourth-order valence-electron chi connectivity index (χ4n) is 9.53. The number of aromatic nitrogens is 3. The SMILES string of the molecule is CCCCc1ccc2sc3c(-n4c5ccccc5c5c4ccc4c6ccccc6n(-c6ccc7c8ccccc8n(-c8ccccc8)c7c6)c45)cccc3c2c1. The molecule has 8 aromatic carbocycles. The number of aryl methyl sites for hydroxylation is 1. The fraction of sp³-hybridized carbons (Fsp3) is 0.0769. The predicted octanol–water partition coefficient (Wildman–Crippen LogP) is 14.7. The van der Waals surface area contributed by atoms with E-state index in [1.165, 1.54) is 110 Å².